The van der Waals surface area contributed by atoms with E-state index in [1.54, 1.807) is 12.1 Å². The Morgan fingerprint density at radius 3 is 2.17 bits per heavy atom. The van der Waals surface area contributed by atoms with Crippen molar-refractivity contribution in [3.63, 3.8) is 0 Å². The second-order valence-electron chi connectivity index (χ2n) is 5.15. The van der Waals surface area contributed by atoms with Crippen LogP contribution in [0, 0.1) is 5.82 Å². The summed E-state index contributed by atoms with van der Waals surface area (Å²) in [7, 11) is 0. The van der Waals surface area contributed by atoms with Gasteiger partial charge in [0.2, 0.25) is 0 Å². The van der Waals surface area contributed by atoms with Crippen molar-refractivity contribution in [2.24, 2.45) is 0 Å². The zero-order valence-corrected chi connectivity index (χ0v) is 14.3. The predicted octanol–water partition coefficient (Wildman–Crippen LogP) is 4.16. The molecule has 0 radical (unpaired) electrons. The topological polar surface area (TPSA) is 27.3 Å². The number of nitrogens with one attached hydrogen (secondary N) is 2. The Labute approximate surface area is 142 Å². The van der Waals surface area contributed by atoms with E-state index < -0.39 is 0 Å². The monoisotopic (exact) mass is 331 g/mol. The summed E-state index contributed by atoms with van der Waals surface area (Å²) < 4.78 is 12.9. The van der Waals surface area contributed by atoms with Gasteiger partial charge in [0.1, 0.15) is 5.82 Å². The number of thiocarbonyl (C=S) groups is 1. The molecule has 0 saturated carbocycles. The lowest BCUT2D eigenvalue weighted by molar-refractivity contribution is 0.627. The summed E-state index contributed by atoms with van der Waals surface area (Å²) in [5.41, 5.74) is 3.12. The van der Waals surface area contributed by atoms with Crippen molar-refractivity contribution in [1.29, 1.82) is 0 Å². The van der Waals surface area contributed by atoms with Gasteiger partial charge in [-0.1, -0.05) is 12.1 Å². The van der Waals surface area contributed by atoms with Crippen LogP contribution in [0.3, 0.4) is 0 Å². The van der Waals surface area contributed by atoms with Gasteiger partial charge in [-0.05, 0) is 68.0 Å². The quantitative estimate of drug-likeness (QED) is 0.777. The number of nitrogens with zero attached hydrogens (tertiary/aromatic N) is 1. The summed E-state index contributed by atoms with van der Waals surface area (Å²) in [6, 6.07) is 14.6. The van der Waals surface area contributed by atoms with Gasteiger partial charge in [0, 0.05) is 31.0 Å². The van der Waals surface area contributed by atoms with E-state index in [1.807, 2.05) is 12.1 Å². The van der Waals surface area contributed by atoms with Crippen LogP contribution in [0.15, 0.2) is 48.5 Å². The third-order valence-corrected chi connectivity index (χ3v) is 3.87. The Kier molecular flexibility index (Phi) is 6.35. The molecular weight excluding hydrogens is 309 g/mol. The van der Waals surface area contributed by atoms with Crippen LogP contribution in [0.2, 0.25) is 0 Å². The van der Waals surface area contributed by atoms with Crippen molar-refractivity contribution in [3.8, 4) is 0 Å². The molecule has 2 aromatic rings. The molecule has 0 aromatic heterocycles. The Morgan fingerprint density at radius 2 is 1.61 bits per heavy atom. The lowest BCUT2D eigenvalue weighted by atomic mass is 10.2. The minimum Gasteiger partial charge on any atom is -0.372 e. The van der Waals surface area contributed by atoms with E-state index in [2.05, 4.69) is 41.5 Å². The molecule has 0 bridgehead atoms. The highest BCUT2D eigenvalue weighted by Gasteiger charge is 2.02. The molecule has 0 saturated heterocycles. The third-order valence-electron chi connectivity index (χ3n) is 3.62. The summed E-state index contributed by atoms with van der Waals surface area (Å²) in [6.07, 6.45) is 0. The number of anilines is 2. The first kappa shape index (κ1) is 17.2. The highest BCUT2D eigenvalue weighted by Crippen LogP contribution is 2.17. The van der Waals surface area contributed by atoms with Crippen LogP contribution in [0.4, 0.5) is 15.8 Å². The summed E-state index contributed by atoms with van der Waals surface area (Å²) in [4.78, 5) is 2.29. The van der Waals surface area contributed by atoms with Crippen LogP contribution in [-0.2, 0) is 6.54 Å². The van der Waals surface area contributed by atoms with Gasteiger partial charge >= 0.3 is 0 Å². The fourth-order valence-electron chi connectivity index (χ4n) is 2.30. The van der Waals surface area contributed by atoms with Gasteiger partial charge in [-0.15, -0.1) is 0 Å². The fourth-order valence-corrected chi connectivity index (χ4v) is 2.49. The minimum absolute atomic E-state index is 0.234. The molecule has 3 nitrogen and oxygen atoms in total. The molecule has 0 spiro atoms. The third kappa shape index (κ3) is 5.21. The van der Waals surface area contributed by atoms with Crippen LogP contribution < -0.4 is 15.5 Å². The molecule has 122 valence electrons. The van der Waals surface area contributed by atoms with Crippen molar-refractivity contribution in [3.05, 3.63) is 59.9 Å². The van der Waals surface area contributed by atoms with E-state index >= 15 is 0 Å². The molecule has 2 N–H and O–H groups in total. The van der Waals surface area contributed by atoms with E-state index in [0.29, 0.717) is 11.7 Å². The van der Waals surface area contributed by atoms with Crippen molar-refractivity contribution >= 4 is 28.7 Å². The van der Waals surface area contributed by atoms with Gasteiger partial charge in [0.25, 0.3) is 0 Å². The molecular formula is C18H22FN3S. The van der Waals surface area contributed by atoms with E-state index in [-0.39, 0.29) is 5.82 Å². The lowest BCUT2D eigenvalue weighted by Crippen LogP contribution is -2.28. The highest BCUT2D eigenvalue weighted by molar-refractivity contribution is 7.80. The molecule has 0 heterocycles. The molecule has 2 rings (SSSR count). The molecule has 23 heavy (non-hydrogen) atoms. The Balaban J connectivity index is 1.86. The van der Waals surface area contributed by atoms with Crippen LogP contribution >= 0.6 is 12.2 Å². The van der Waals surface area contributed by atoms with Crippen molar-refractivity contribution in [2.45, 2.75) is 20.4 Å². The second kappa shape index (κ2) is 8.48. The molecule has 5 heteroatoms. The Bertz CT molecular complexity index is 622. The van der Waals surface area contributed by atoms with Gasteiger partial charge in [-0.2, -0.15) is 0 Å². The van der Waals surface area contributed by atoms with Crippen LogP contribution in [0.25, 0.3) is 0 Å². The van der Waals surface area contributed by atoms with Gasteiger partial charge in [0.15, 0.2) is 5.11 Å². The molecule has 0 unspecified atom stereocenters. The summed E-state index contributed by atoms with van der Waals surface area (Å²) in [5.74, 6) is -0.234. The summed E-state index contributed by atoms with van der Waals surface area (Å²) in [6.45, 7) is 6.82. The predicted molar refractivity (Wildman–Crippen MR) is 99.5 cm³/mol. The molecule has 0 aliphatic carbocycles. The lowest BCUT2D eigenvalue weighted by Gasteiger charge is -2.21. The first-order valence-corrected chi connectivity index (χ1v) is 8.17. The average Bonchev–Trinajstić information content (AvgIpc) is 2.57. The first-order chi connectivity index (χ1) is 11.1. The average molecular weight is 331 g/mol. The van der Waals surface area contributed by atoms with Crippen LogP contribution in [0.5, 0.6) is 0 Å². The van der Waals surface area contributed by atoms with E-state index in [0.717, 1.165) is 24.3 Å². The molecule has 0 amide bonds. The zero-order chi connectivity index (χ0) is 16.7. The molecule has 0 aliphatic rings. The maximum atomic E-state index is 12.9. The fraction of sp³-hybridized carbons (Fsp3) is 0.278. The van der Waals surface area contributed by atoms with Gasteiger partial charge in [0.05, 0.1) is 0 Å². The number of hydrogen-bond donors (Lipinski definition) is 2. The van der Waals surface area contributed by atoms with Gasteiger partial charge < -0.3 is 15.5 Å². The van der Waals surface area contributed by atoms with E-state index in [9.17, 15) is 4.39 Å². The highest BCUT2D eigenvalue weighted by atomic mass is 32.1. The smallest absolute Gasteiger partial charge is 0.171 e. The van der Waals surface area contributed by atoms with Crippen molar-refractivity contribution < 1.29 is 4.39 Å². The Morgan fingerprint density at radius 1 is 1.00 bits per heavy atom. The molecule has 0 atom stereocenters. The van der Waals surface area contributed by atoms with E-state index in [4.69, 9.17) is 12.2 Å². The largest absolute Gasteiger partial charge is 0.372 e. The van der Waals surface area contributed by atoms with Crippen LogP contribution in [-0.4, -0.2) is 18.2 Å². The van der Waals surface area contributed by atoms with E-state index in [1.165, 1.54) is 17.8 Å². The number of hydrogen-bond acceptors (Lipinski definition) is 2. The van der Waals surface area contributed by atoms with Crippen molar-refractivity contribution in [1.82, 2.24) is 5.32 Å². The summed E-state index contributed by atoms with van der Waals surface area (Å²) in [5, 5.41) is 6.81. The zero-order valence-electron chi connectivity index (χ0n) is 13.5. The Hall–Kier alpha value is -2.14. The van der Waals surface area contributed by atoms with Gasteiger partial charge in [-0.25, -0.2) is 4.39 Å². The molecule has 2 aromatic carbocycles. The standard InChI is InChI=1S/C18H22FN3S/c1-3-22(4-2)17-11-9-16(10-12-17)21-18(23)20-13-14-5-7-15(19)8-6-14/h5-12H,3-4,13H2,1-2H3,(H2,20,21,23). The van der Waals surface area contributed by atoms with Gasteiger partial charge in [-0.3, -0.25) is 0 Å². The second-order valence-corrected chi connectivity index (χ2v) is 5.56. The SMILES string of the molecule is CCN(CC)c1ccc(NC(=S)NCc2ccc(F)cc2)cc1. The summed E-state index contributed by atoms with van der Waals surface area (Å²) >= 11 is 5.28. The normalized spacial score (nSPS) is 10.2. The van der Waals surface area contributed by atoms with Crippen LogP contribution in [0.1, 0.15) is 19.4 Å². The number of benzene rings is 2. The number of rotatable bonds is 6. The molecule has 0 fully saturated rings. The van der Waals surface area contributed by atoms with Crippen molar-refractivity contribution in [2.75, 3.05) is 23.3 Å². The molecule has 0 aliphatic heterocycles. The minimum atomic E-state index is -0.234. The number of halogens is 1. The maximum absolute atomic E-state index is 12.9. The first-order valence-electron chi connectivity index (χ1n) is 7.76. The maximum Gasteiger partial charge on any atom is 0.171 e.